The van der Waals surface area contributed by atoms with Gasteiger partial charge in [-0.2, -0.15) is 5.10 Å². The number of carbonyl (C=O) groups is 1. The molecule has 0 saturated heterocycles. The Morgan fingerprint density at radius 2 is 1.74 bits per heavy atom. The third-order valence-electron chi connectivity index (χ3n) is 4.32. The summed E-state index contributed by atoms with van der Waals surface area (Å²) >= 11 is 0. The van der Waals surface area contributed by atoms with Gasteiger partial charge in [-0.1, -0.05) is 49.4 Å². The highest BCUT2D eigenvalue weighted by molar-refractivity contribution is 5.96. The molecule has 0 aliphatic heterocycles. The number of benzene rings is 2. The average Bonchev–Trinajstić information content (AvgIpc) is 2.61. The minimum Gasteiger partial charge on any atom is -0.267 e. The molecule has 0 aromatic heterocycles. The highest BCUT2D eigenvalue weighted by atomic mass is 16.2. The lowest BCUT2D eigenvalue weighted by atomic mass is 9.89. The van der Waals surface area contributed by atoms with Crippen LogP contribution in [0.2, 0.25) is 0 Å². The lowest BCUT2D eigenvalue weighted by Gasteiger charge is -2.18. The molecule has 3 heteroatoms. The Bertz CT molecular complexity index is 689. The van der Waals surface area contributed by atoms with Crippen molar-refractivity contribution < 1.29 is 4.79 Å². The van der Waals surface area contributed by atoms with Gasteiger partial charge in [-0.15, -0.1) is 0 Å². The lowest BCUT2D eigenvalue weighted by molar-refractivity contribution is 0.0954. The van der Waals surface area contributed by atoms with E-state index in [0.29, 0.717) is 11.5 Å². The zero-order valence-electron chi connectivity index (χ0n) is 13.5. The fraction of sp³-hybridized carbons (Fsp3) is 0.300. The van der Waals surface area contributed by atoms with E-state index in [4.69, 9.17) is 0 Å². The van der Waals surface area contributed by atoms with Crippen LogP contribution >= 0.6 is 0 Å². The highest BCUT2D eigenvalue weighted by Gasteiger charge is 2.14. The first-order valence-corrected chi connectivity index (χ1v) is 8.23. The van der Waals surface area contributed by atoms with Gasteiger partial charge in [0.25, 0.3) is 5.91 Å². The molecule has 1 N–H and O–H groups in total. The molecule has 0 heterocycles. The molecule has 23 heavy (non-hydrogen) atoms. The molecule has 0 bridgehead atoms. The standard InChI is InChI=1S/C20H22N2O/c1-15-6-5-9-19(14-15)21-22-20(23)18-12-10-17(11-13-18)16-7-3-2-4-8-16/h2-4,7-8,10-13,15H,5-6,9,14H2,1H3,(H,22,23)/t15-/m0/s1. The minimum absolute atomic E-state index is 0.143. The van der Waals surface area contributed by atoms with Gasteiger partial charge in [0.1, 0.15) is 0 Å². The van der Waals surface area contributed by atoms with Crippen molar-refractivity contribution in [1.29, 1.82) is 0 Å². The Morgan fingerprint density at radius 3 is 2.43 bits per heavy atom. The van der Waals surface area contributed by atoms with Gasteiger partial charge in [-0.05, 0) is 54.9 Å². The summed E-state index contributed by atoms with van der Waals surface area (Å²) in [6.07, 6.45) is 4.42. The van der Waals surface area contributed by atoms with Crippen LogP contribution in [-0.4, -0.2) is 11.6 Å². The molecule has 2 aromatic rings. The molecule has 2 aromatic carbocycles. The summed E-state index contributed by atoms with van der Waals surface area (Å²) in [5.74, 6) is 0.528. The first-order valence-electron chi connectivity index (χ1n) is 8.23. The third kappa shape index (κ3) is 4.07. The van der Waals surface area contributed by atoms with Gasteiger partial charge in [0.05, 0.1) is 0 Å². The molecule has 0 unspecified atom stereocenters. The summed E-state index contributed by atoms with van der Waals surface area (Å²) < 4.78 is 0. The fourth-order valence-electron chi connectivity index (χ4n) is 3.00. The molecule has 1 saturated carbocycles. The molecule has 3 nitrogen and oxygen atoms in total. The summed E-state index contributed by atoms with van der Waals surface area (Å²) in [4.78, 5) is 12.2. The van der Waals surface area contributed by atoms with Gasteiger partial charge in [0.15, 0.2) is 0 Å². The van der Waals surface area contributed by atoms with Crippen LogP contribution in [0, 0.1) is 5.92 Å². The van der Waals surface area contributed by atoms with E-state index in [1.807, 2.05) is 42.5 Å². The van der Waals surface area contributed by atoms with Gasteiger partial charge < -0.3 is 0 Å². The molecular formula is C20H22N2O. The maximum absolute atomic E-state index is 12.2. The van der Waals surface area contributed by atoms with E-state index in [0.717, 1.165) is 29.7 Å². The Morgan fingerprint density at radius 1 is 1.04 bits per heavy atom. The van der Waals surface area contributed by atoms with Crippen LogP contribution in [0.25, 0.3) is 11.1 Å². The zero-order chi connectivity index (χ0) is 16.1. The number of nitrogens with one attached hydrogen (secondary N) is 1. The lowest BCUT2D eigenvalue weighted by Crippen LogP contribution is -2.22. The number of hydrogen-bond acceptors (Lipinski definition) is 2. The second-order valence-electron chi connectivity index (χ2n) is 6.26. The molecule has 1 amide bonds. The van der Waals surface area contributed by atoms with Gasteiger partial charge in [-0.25, -0.2) is 5.43 Å². The van der Waals surface area contributed by atoms with Crippen molar-refractivity contribution in [2.45, 2.75) is 32.6 Å². The Balaban J connectivity index is 1.65. The topological polar surface area (TPSA) is 41.5 Å². The van der Waals surface area contributed by atoms with Crippen LogP contribution in [-0.2, 0) is 0 Å². The normalized spacial score (nSPS) is 19.5. The van der Waals surface area contributed by atoms with E-state index in [2.05, 4.69) is 29.6 Å². The highest BCUT2D eigenvalue weighted by Crippen LogP contribution is 2.21. The van der Waals surface area contributed by atoms with Crippen LogP contribution in [0.1, 0.15) is 43.0 Å². The Labute approximate surface area is 137 Å². The molecule has 0 spiro atoms. The van der Waals surface area contributed by atoms with Crippen LogP contribution in [0.4, 0.5) is 0 Å². The van der Waals surface area contributed by atoms with Crippen LogP contribution in [0.5, 0.6) is 0 Å². The van der Waals surface area contributed by atoms with Crippen LogP contribution in [0.15, 0.2) is 59.7 Å². The summed E-state index contributed by atoms with van der Waals surface area (Å²) in [6, 6.07) is 17.8. The SMILES string of the molecule is C[C@H]1CCCC(=NNC(=O)c2ccc(-c3ccccc3)cc2)C1. The van der Waals surface area contributed by atoms with Crippen molar-refractivity contribution in [1.82, 2.24) is 5.43 Å². The number of hydrogen-bond donors (Lipinski definition) is 1. The quantitative estimate of drug-likeness (QED) is 0.824. The minimum atomic E-state index is -0.143. The molecule has 1 atom stereocenters. The molecule has 118 valence electrons. The van der Waals surface area contributed by atoms with Gasteiger partial charge in [-0.3, -0.25) is 4.79 Å². The van der Waals surface area contributed by atoms with Gasteiger partial charge in [0, 0.05) is 11.3 Å². The summed E-state index contributed by atoms with van der Waals surface area (Å²) in [5, 5.41) is 4.31. The van der Waals surface area contributed by atoms with Crippen molar-refractivity contribution in [3.8, 4) is 11.1 Å². The summed E-state index contributed by atoms with van der Waals surface area (Å²) in [5.41, 5.74) is 6.70. The first-order chi connectivity index (χ1) is 11.2. The van der Waals surface area contributed by atoms with E-state index < -0.39 is 0 Å². The van der Waals surface area contributed by atoms with E-state index in [9.17, 15) is 4.79 Å². The molecular weight excluding hydrogens is 284 g/mol. The van der Waals surface area contributed by atoms with Crippen molar-refractivity contribution in [2.75, 3.05) is 0 Å². The molecule has 1 fully saturated rings. The van der Waals surface area contributed by atoms with Crippen LogP contribution in [0.3, 0.4) is 0 Å². The van der Waals surface area contributed by atoms with E-state index in [-0.39, 0.29) is 5.91 Å². The fourth-order valence-corrected chi connectivity index (χ4v) is 3.00. The average molecular weight is 306 g/mol. The number of amides is 1. The predicted molar refractivity (Wildman–Crippen MR) is 94.4 cm³/mol. The molecule has 1 aliphatic rings. The Kier molecular flexibility index (Phi) is 4.86. The van der Waals surface area contributed by atoms with Crippen LogP contribution < -0.4 is 5.43 Å². The maximum atomic E-state index is 12.2. The largest absolute Gasteiger partial charge is 0.271 e. The molecule has 0 radical (unpaired) electrons. The maximum Gasteiger partial charge on any atom is 0.271 e. The van der Waals surface area contributed by atoms with Gasteiger partial charge in [0.2, 0.25) is 0 Å². The predicted octanol–water partition coefficient (Wildman–Crippen LogP) is 4.65. The molecule has 3 rings (SSSR count). The smallest absolute Gasteiger partial charge is 0.267 e. The van der Waals surface area contributed by atoms with Crippen molar-refractivity contribution in [3.63, 3.8) is 0 Å². The number of carbonyl (C=O) groups excluding carboxylic acids is 1. The number of hydrazone groups is 1. The second-order valence-corrected chi connectivity index (χ2v) is 6.26. The summed E-state index contributed by atoms with van der Waals surface area (Å²) in [7, 11) is 0. The van der Waals surface area contributed by atoms with Gasteiger partial charge >= 0.3 is 0 Å². The van der Waals surface area contributed by atoms with E-state index in [1.165, 1.54) is 12.8 Å². The Hall–Kier alpha value is -2.42. The van der Waals surface area contributed by atoms with Crippen molar-refractivity contribution in [3.05, 3.63) is 60.2 Å². The summed E-state index contributed by atoms with van der Waals surface area (Å²) in [6.45, 7) is 2.23. The number of nitrogens with zero attached hydrogens (tertiary/aromatic N) is 1. The second kappa shape index (κ2) is 7.23. The number of rotatable bonds is 3. The van der Waals surface area contributed by atoms with Crippen molar-refractivity contribution in [2.24, 2.45) is 11.0 Å². The monoisotopic (exact) mass is 306 g/mol. The zero-order valence-corrected chi connectivity index (χ0v) is 13.5. The van der Waals surface area contributed by atoms with E-state index >= 15 is 0 Å². The van der Waals surface area contributed by atoms with Crippen molar-refractivity contribution >= 4 is 11.6 Å². The third-order valence-corrected chi connectivity index (χ3v) is 4.32. The van der Waals surface area contributed by atoms with E-state index in [1.54, 1.807) is 0 Å². The first kappa shape index (κ1) is 15.5. The molecule has 1 aliphatic carbocycles.